The number of carbonyl (C=O) groups is 1. The largest absolute Gasteiger partial charge is 0.465 e. The van der Waals surface area contributed by atoms with E-state index in [1.807, 2.05) is 12.1 Å². The fourth-order valence-corrected chi connectivity index (χ4v) is 4.59. The Balaban J connectivity index is 0.000000199. The predicted octanol–water partition coefficient (Wildman–Crippen LogP) is 5.67. The van der Waals surface area contributed by atoms with Crippen LogP contribution in [0.4, 0.5) is 0 Å². The van der Waals surface area contributed by atoms with Gasteiger partial charge in [-0.25, -0.2) is 4.79 Å². The van der Waals surface area contributed by atoms with E-state index >= 15 is 0 Å². The van der Waals surface area contributed by atoms with E-state index in [1.165, 1.54) is 48.1 Å². The van der Waals surface area contributed by atoms with Gasteiger partial charge >= 0.3 is 5.97 Å². The van der Waals surface area contributed by atoms with Crippen molar-refractivity contribution in [3.05, 3.63) is 57.8 Å². The zero-order valence-electron chi connectivity index (χ0n) is 16.2. The number of benzene rings is 1. The number of aryl methyl sites for hydroxylation is 1. The zero-order chi connectivity index (χ0) is 19.5. The molecule has 2 aromatic rings. The fourth-order valence-electron chi connectivity index (χ4n) is 3.18. The van der Waals surface area contributed by atoms with Gasteiger partial charge in [0, 0.05) is 16.8 Å². The molecule has 1 aromatic carbocycles. The molecule has 27 heavy (non-hydrogen) atoms. The quantitative estimate of drug-likeness (QED) is 0.474. The van der Waals surface area contributed by atoms with Crippen LogP contribution in [-0.4, -0.2) is 25.0 Å². The molecular formula is C22H30ClNO2S. The molecular weight excluding hydrogens is 378 g/mol. The molecule has 1 saturated carbocycles. The number of nitrogens with one attached hydrogen (secondary N) is 1. The first-order valence-corrected chi connectivity index (χ1v) is 10.9. The molecule has 1 aliphatic carbocycles. The van der Waals surface area contributed by atoms with Crippen LogP contribution in [0.2, 0.25) is 0 Å². The molecule has 0 radical (unpaired) electrons. The van der Waals surface area contributed by atoms with Gasteiger partial charge in [0.1, 0.15) is 4.88 Å². The maximum Gasteiger partial charge on any atom is 0.348 e. The summed E-state index contributed by atoms with van der Waals surface area (Å²) in [6.45, 7) is 4.21. The van der Waals surface area contributed by atoms with Crippen LogP contribution < -0.4 is 5.32 Å². The van der Waals surface area contributed by atoms with Crippen LogP contribution in [0.1, 0.15) is 52.7 Å². The molecule has 5 heteroatoms. The van der Waals surface area contributed by atoms with Crippen LogP contribution in [0, 0.1) is 5.92 Å². The van der Waals surface area contributed by atoms with Crippen molar-refractivity contribution in [1.82, 2.24) is 5.32 Å². The van der Waals surface area contributed by atoms with E-state index in [0.29, 0.717) is 10.3 Å². The second-order valence-corrected chi connectivity index (χ2v) is 8.69. The highest BCUT2D eigenvalue weighted by atomic mass is 35.5. The summed E-state index contributed by atoms with van der Waals surface area (Å²) in [7, 11) is 1.40. The van der Waals surface area contributed by atoms with Crippen LogP contribution in [0.5, 0.6) is 0 Å². The Morgan fingerprint density at radius 1 is 1.22 bits per heavy atom. The van der Waals surface area contributed by atoms with E-state index in [9.17, 15) is 4.79 Å². The van der Waals surface area contributed by atoms with E-state index in [4.69, 9.17) is 11.6 Å². The third-order valence-corrected chi connectivity index (χ3v) is 6.15. The molecule has 0 spiro atoms. The van der Waals surface area contributed by atoms with Gasteiger partial charge in [-0.15, -0.1) is 22.9 Å². The molecule has 3 nitrogen and oxygen atoms in total. The summed E-state index contributed by atoms with van der Waals surface area (Å²) in [6.07, 6.45) is 5.82. The number of esters is 1. The molecule has 2 atom stereocenters. The molecule has 1 N–H and O–H groups in total. The molecule has 2 unspecified atom stereocenters. The van der Waals surface area contributed by atoms with Gasteiger partial charge in [0.25, 0.3) is 0 Å². The number of hydrogen-bond donors (Lipinski definition) is 1. The lowest BCUT2D eigenvalue weighted by atomic mass is 10.1. The van der Waals surface area contributed by atoms with E-state index in [2.05, 4.69) is 47.3 Å². The number of carbonyl (C=O) groups excluding carboxylic acids is 1. The summed E-state index contributed by atoms with van der Waals surface area (Å²) in [5.41, 5.74) is 1.36. The van der Waals surface area contributed by atoms with Crippen molar-refractivity contribution in [1.29, 1.82) is 0 Å². The van der Waals surface area contributed by atoms with Gasteiger partial charge < -0.3 is 10.1 Å². The number of rotatable bonds is 7. The van der Waals surface area contributed by atoms with Crippen molar-refractivity contribution in [2.75, 3.05) is 13.7 Å². The topological polar surface area (TPSA) is 38.3 Å². The lowest BCUT2D eigenvalue weighted by molar-refractivity contribution is 0.0606. The van der Waals surface area contributed by atoms with Gasteiger partial charge in [0.05, 0.1) is 7.11 Å². The lowest BCUT2D eigenvalue weighted by Crippen LogP contribution is -2.21. The second kappa shape index (κ2) is 12.2. The van der Waals surface area contributed by atoms with Crippen molar-refractivity contribution in [2.45, 2.75) is 50.9 Å². The molecule has 0 bridgehead atoms. The summed E-state index contributed by atoms with van der Waals surface area (Å²) < 4.78 is 4.60. The summed E-state index contributed by atoms with van der Waals surface area (Å²) >= 11 is 7.59. The molecule has 0 saturated heterocycles. The summed E-state index contributed by atoms with van der Waals surface area (Å²) in [5.74, 6) is 0.554. The van der Waals surface area contributed by atoms with Crippen LogP contribution in [0.15, 0.2) is 42.5 Å². The molecule has 1 aliphatic rings. The minimum Gasteiger partial charge on any atom is -0.465 e. The smallest absolute Gasteiger partial charge is 0.348 e. The minimum atomic E-state index is -0.234. The maximum atomic E-state index is 11.0. The van der Waals surface area contributed by atoms with Crippen LogP contribution in [-0.2, 0) is 17.7 Å². The van der Waals surface area contributed by atoms with Gasteiger partial charge in [-0.05, 0) is 55.8 Å². The van der Waals surface area contributed by atoms with Crippen LogP contribution >= 0.6 is 22.9 Å². The number of thiophene rings is 1. The van der Waals surface area contributed by atoms with Crippen molar-refractivity contribution in [3.63, 3.8) is 0 Å². The standard InChI is InChI=1S/C13H18ClN.C9H12O2S/c14-13-7-6-12(8-13)10-15-9-11-4-2-1-3-5-11;1-3-4-7-5-6-8(12-7)9(10)11-2/h1-5,12-13,15H,6-10H2;5-6H,3-4H2,1-2H3. The molecule has 1 fully saturated rings. The first-order valence-electron chi connectivity index (χ1n) is 9.68. The Morgan fingerprint density at radius 3 is 2.63 bits per heavy atom. The third kappa shape index (κ3) is 8.04. The van der Waals surface area contributed by atoms with E-state index in [1.54, 1.807) is 0 Å². The van der Waals surface area contributed by atoms with E-state index < -0.39 is 0 Å². The van der Waals surface area contributed by atoms with Crippen molar-refractivity contribution in [3.8, 4) is 0 Å². The highest BCUT2D eigenvalue weighted by Gasteiger charge is 2.22. The highest BCUT2D eigenvalue weighted by Crippen LogP contribution is 2.28. The Morgan fingerprint density at radius 2 is 2.00 bits per heavy atom. The molecule has 0 amide bonds. The average Bonchev–Trinajstić information content (AvgIpc) is 3.32. The lowest BCUT2D eigenvalue weighted by Gasteiger charge is -2.10. The van der Waals surface area contributed by atoms with Crippen LogP contribution in [0.3, 0.4) is 0 Å². The fraction of sp³-hybridized carbons (Fsp3) is 0.500. The number of alkyl halides is 1. The van der Waals surface area contributed by atoms with E-state index in [-0.39, 0.29) is 5.97 Å². The van der Waals surface area contributed by atoms with Crippen LogP contribution in [0.25, 0.3) is 0 Å². The SMILES string of the molecule is CCCc1ccc(C(=O)OC)s1.ClC1CCC(CNCc2ccccc2)C1. The molecule has 148 valence electrons. The Hall–Kier alpha value is -1.36. The third-order valence-electron chi connectivity index (χ3n) is 4.63. The highest BCUT2D eigenvalue weighted by molar-refractivity contribution is 7.13. The predicted molar refractivity (Wildman–Crippen MR) is 115 cm³/mol. The number of halogens is 1. The average molecular weight is 408 g/mol. The van der Waals surface area contributed by atoms with Crippen molar-refractivity contribution < 1.29 is 9.53 Å². The van der Waals surface area contributed by atoms with Crippen molar-refractivity contribution in [2.24, 2.45) is 5.92 Å². The number of methoxy groups -OCH3 is 1. The molecule has 3 rings (SSSR count). The summed E-state index contributed by atoms with van der Waals surface area (Å²) in [5, 5.41) is 3.93. The number of hydrogen-bond acceptors (Lipinski definition) is 4. The molecule has 1 heterocycles. The Labute approximate surface area is 172 Å². The Bertz CT molecular complexity index is 674. The number of ether oxygens (including phenoxy) is 1. The van der Waals surface area contributed by atoms with Gasteiger partial charge in [-0.2, -0.15) is 0 Å². The second-order valence-electron chi connectivity index (χ2n) is 6.90. The van der Waals surface area contributed by atoms with Gasteiger partial charge in [-0.1, -0.05) is 43.7 Å². The molecule has 1 aromatic heterocycles. The first kappa shape index (κ1) is 21.9. The zero-order valence-corrected chi connectivity index (χ0v) is 17.8. The van der Waals surface area contributed by atoms with Gasteiger partial charge in [-0.3, -0.25) is 0 Å². The minimum absolute atomic E-state index is 0.234. The first-order chi connectivity index (χ1) is 13.1. The Kier molecular flexibility index (Phi) is 9.89. The van der Waals surface area contributed by atoms with Crippen molar-refractivity contribution >= 4 is 28.9 Å². The summed E-state index contributed by atoms with van der Waals surface area (Å²) in [4.78, 5) is 13.0. The normalized spacial score (nSPS) is 18.6. The molecule has 0 aliphatic heterocycles. The van der Waals surface area contributed by atoms with Gasteiger partial charge in [0.2, 0.25) is 0 Å². The monoisotopic (exact) mass is 407 g/mol. The van der Waals surface area contributed by atoms with Gasteiger partial charge in [0.15, 0.2) is 0 Å². The maximum absolute atomic E-state index is 11.0. The van der Waals surface area contributed by atoms with E-state index in [0.717, 1.165) is 31.8 Å². The summed E-state index contributed by atoms with van der Waals surface area (Å²) in [6, 6.07) is 14.3.